The second-order valence-electron chi connectivity index (χ2n) is 4.26. The van der Waals surface area contributed by atoms with Gasteiger partial charge in [-0.1, -0.05) is 18.7 Å². The first-order chi connectivity index (χ1) is 7.27. The molecule has 2 heterocycles. The van der Waals surface area contributed by atoms with Crippen molar-refractivity contribution in [1.82, 2.24) is 0 Å². The van der Waals surface area contributed by atoms with Gasteiger partial charge in [-0.15, -0.1) is 0 Å². The largest absolute Gasteiger partial charge is 0.271 e. The highest BCUT2D eigenvalue weighted by molar-refractivity contribution is 8.17. The second kappa shape index (κ2) is 3.30. The van der Waals surface area contributed by atoms with Gasteiger partial charge in [-0.25, -0.2) is 9.98 Å². The molecule has 15 heavy (non-hydrogen) atoms. The third-order valence-electron chi connectivity index (χ3n) is 3.30. The molecule has 0 spiro atoms. The van der Waals surface area contributed by atoms with Gasteiger partial charge in [0.15, 0.2) is 0 Å². The first kappa shape index (κ1) is 9.33. The van der Waals surface area contributed by atoms with E-state index in [4.69, 9.17) is 0 Å². The first-order valence-corrected chi connectivity index (χ1v) is 6.14. The van der Waals surface area contributed by atoms with Crippen molar-refractivity contribution in [3.8, 4) is 0 Å². The fourth-order valence-electron chi connectivity index (χ4n) is 2.57. The molecular formula is C11H12N2OS. The molecule has 2 atom stereocenters. The molecule has 0 aromatic carbocycles. The van der Waals surface area contributed by atoms with Crippen molar-refractivity contribution in [2.45, 2.75) is 26.2 Å². The molecule has 0 aromatic heterocycles. The number of fused-ring (bicyclic) bond motifs is 2. The number of rotatable bonds is 0. The normalized spacial score (nSPS) is 33.9. The Morgan fingerprint density at radius 2 is 2.40 bits per heavy atom. The van der Waals surface area contributed by atoms with Crippen LogP contribution in [0.1, 0.15) is 26.2 Å². The molecule has 4 heteroatoms. The Kier molecular flexibility index (Phi) is 2.06. The van der Waals surface area contributed by atoms with E-state index in [1.54, 1.807) is 11.8 Å². The highest BCUT2D eigenvalue weighted by atomic mass is 32.2. The van der Waals surface area contributed by atoms with Crippen molar-refractivity contribution >= 4 is 29.1 Å². The molecule has 2 aliphatic heterocycles. The molecule has 3 nitrogen and oxygen atoms in total. The lowest BCUT2D eigenvalue weighted by molar-refractivity contribution is -0.118. The molecule has 0 N–H and O–H groups in total. The highest BCUT2D eigenvalue weighted by Gasteiger charge is 2.41. The number of carbonyl (C=O) groups is 1. The number of allylic oxidation sites excluding steroid dienone is 1. The van der Waals surface area contributed by atoms with Gasteiger partial charge in [0.2, 0.25) is 0 Å². The summed E-state index contributed by atoms with van der Waals surface area (Å²) in [4.78, 5) is 21.2. The predicted octanol–water partition coefficient (Wildman–Crippen LogP) is 2.39. The van der Waals surface area contributed by atoms with Crippen molar-refractivity contribution in [1.29, 1.82) is 0 Å². The maximum atomic E-state index is 11.7. The summed E-state index contributed by atoms with van der Waals surface area (Å²) in [6.45, 7) is 2.21. The van der Waals surface area contributed by atoms with Crippen LogP contribution in [0, 0.1) is 11.8 Å². The van der Waals surface area contributed by atoms with Crippen LogP contribution in [0.4, 0.5) is 0 Å². The maximum absolute atomic E-state index is 11.7. The molecule has 0 saturated heterocycles. The quantitative estimate of drug-likeness (QED) is 0.629. The molecular weight excluding hydrogens is 208 g/mol. The summed E-state index contributed by atoms with van der Waals surface area (Å²) < 4.78 is 0. The zero-order valence-electron chi connectivity index (χ0n) is 8.56. The van der Waals surface area contributed by atoms with Gasteiger partial charge in [-0.2, -0.15) is 0 Å². The molecule has 1 amide bonds. The van der Waals surface area contributed by atoms with Crippen molar-refractivity contribution in [3.63, 3.8) is 0 Å². The monoisotopic (exact) mass is 220 g/mol. The molecule has 0 fully saturated rings. The van der Waals surface area contributed by atoms with Crippen molar-refractivity contribution in [2.24, 2.45) is 21.8 Å². The minimum Gasteiger partial charge on any atom is -0.271 e. The number of nitrogens with zero attached hydrogens (tertiary/aromatic N) is 2. The number of hydrogen-bond acceptors (Lipinski definition) is 3. The van der Waals surface area contributed by atoms with Crippen LogP contribution in [0.2, 0.25) is 0 Å². The molecule has 0 bridgehead atoms. The Bertz CT molecular complexity index is 422. The molecule has 3 rings (SSSR count). The van der Waals surface area contributed by atoms with Crippen LogP contribution in [0.3, 0.4) is 0 Å². The van der Waals surface area contributed by atoms with E-state index >= 15 is 0 Å². The predicted molar refractivity (Wildman–Crippen MR) is 62.1 cm³/mol. The van der Waals surface area contributed by atoms with Gasteiger partial charge in [-0.05, 0) is 35.7 Å². The van der Waals surface area contributed by atoms with Gasteiger partial charge >= 0.3 is 0 Å². The number of hydrogen-bond donors (Lipinski definition) is 0. The molecule has 0 radical (unpaired) electrons. The molecule has 1 aliphatic carbocycles. The third-order valence-corrected chi connectivity index (χ3v) is 4.53. The van der Waals surface area contributed by atoms with E-state index in [-0.39, 0.29) is 11.8 Å². The molecule has 3 aliphatic rings. The van der Waals surface area contributed by atoms with E-state index < -0.39 is 0 Å². The van der Waals surface area contributed by atoms with E-state index in [1.807, 2.05) is 0 Å². The Morgan fingerprint density at radius 3 is 3.27 bits per heavy atom. The molecule has 0 aromatic rings. The van der Waals surface area contributed by atoms with Crippen LogP contribution in [-0.4, -0.2) is 17.3 Å². The van der Waals surface area contributed by atoms with Gasteiger partial charge in [-0.3, -0.25) is 4.79 Å². The van der Waals surface area contributed by atoms with E-state index in [0.29, 0.717) is 5.92 Å². The van der Waals surface area contributed by atoms with Crippen molar-refractivity contribution in [2.75, 3.05) is 0 Å². The first-order valence-electron chi connectivity index (χ1n) is 5.32. The van der Waals surface area contributed by atoms with Crippen LogP contribution < -0.4 is 0 Å². The van der Waals surface area contributed by atoms with Crippen molar-refractivity contribution < 1.29 is 4.79 Å². The SMILES string of the molecule is CC1CCCC2=C1C1C(=O)N=CN=C1S2. The topological polar surface area (TPSA) is 41.8 Å². The minimum atomic E-state index is -0.120. The summed E-state index contributed by atoms with van der Waals surface area (Å²) in [5, 5.41) is 0.953. The lowest BCUT2D eigenvalue weighted by Crippen LogP contribution is -2.25. The smallest absolute Gasteiger partial charge is 0.261 e. The van der Waals surface area contributed by atoms with E-state index in [0.717, 1.165) is 11.5 Å². The van der Waals surface area contributed by atoms with Crippen LogP contribution in [-0.2, 0) is 4.79 Å². The molecule has 78 valence electrons. The Balaban J connectivity index is 2.06. The molecule has 2 unspecified atom stereocenters. The zero-order chi connectivity index (χ0) is 10.4. The summed E-state index contributed by atoms with van der Waals surface area (Å²) >= 11 is 1.70. The lowest BCUT2D eigenvalue weighted by atomic mass is 9.81. The summed E-state index contributed by atoms with van der Waals surface area (Å²) in [7, 11) is 0. The summed E-state index contributed by atoms with van der Waals surface area (Å²) in [6, 6.07) is 0. The number of thioether (sulfide) groups is 1. The molecule has 0 saturated carbocycles. The fraction of sp³-hybridized carbons (Fsp3) is 0.545. The lowest BCUT2D eigenvalue weighted by Gasteiger charge is -2.23. The Labute approximate surface area is 92.8 Å². The van der Waals surface area contributed by atoms with E-state index in [2.05, 4.69) is 16.9 Å². The third kappa shape index (κ3) is 1.31. The van der Waals surface area contributed by atoms with Crippen LogP contribution in [0.15, 0.2) is 20.5 Å². The van der Waals surface area contributed by atoms with E-state index in [9.17, 15) is 4.79 Å². The minimum absolute atomic E-state index is 0.0220. The van der Waals surface area contributed by atoms with Gasteiger partial charge in [0.05, 0.1) is 5.04 Å². The van der Waals surface area contributed by atoms with E-state index in [1.165, 1.54) is 29.7 Å². The second-order valence-corrected chi connectivity index (χ2v) is 5.37. The highest BCUT2D eigenvalue weighted by Crippen LogP contribution is 2.49. The number of aliphatic imine (C=N–C) groups is 2. The van der Waals surface area contributed by atoms with Crippen LogP contribution >= 0.6 is 11.8 Å². The number of carbonyl (C=O) groups excluding carboxylic acids is 1. The standard InChI is InChI=1S/C11H12N2OS/c1-6-3-2-4-7-8(6)9-10(14)12-5-13-11(9)15-7/h5-6,9H,2-4H2,1H3. The van der Waals surface area contributed by atoms with Crippen LogP contribution in [0.25, 0.3) is 0 Å². The Morgan fingerprint density at radius 1 is 1.53 bits per heavy atom. The average molecular weight is 220 g/mol. The van der Waals surface area contributed by atoms with Gasteiger partial charge in [0, 0.05) is 0 Å². The fourth-order valence-corrected chi connectivity index (χ4v) is 3.96. The summed E-state index contributed by atoms with van der Waals surface area (Å²) in [5.74, 6) is 0.382. The van der Waals surface area contributed by atoms with Crippen LogP contribution in [0.5, 0.6) is 0 Å². The Hall–Kier alpha value is -0.900. The van der Waals surface area contributed by atoms with Crippen molar-refractivity contribution in [3.05, 3.63) is 10.5 Å². The average Bonchev–Trinajstić information content (AvgIpc) is 2.58. The van der Waals surface area contributed by atoms with Gasteiger partial charge in [0.25, 0.3) is 5.91 Å². The summed E-state index contributed by atoms with van der Waals surface area (Å²) in [6.07, 6.45) is 4.94. The zero-order valence-corrected chi connectivity index (χ0v) is 9.38. The number of amides is 1. The van der Waals surface area contributed by atoms with Gasteiger partial charge < -0.3 is 0 Å². The maximum Gasteiger partial charge on any atom is 0.261 e. The summed E-state index contributed by atoms with van der Waals surface area (Å²) in [5.41, 5.74) is 1.31. The van der Waals surface area contributed by atoms with Gasteiger partial charge in [0.1, 0.15) is 12.3 Å².